The minimum absolute atomic E-state index is 0.303. The zero-order chi connectivity index (χ0) is 15.2. The zero-order valence-corrected chi connectivity index (χ0v) is 12.8. The van der Waals surface area contributed by atoms with Gasteiger partial charge in [-0.25, -0.2) is 0 Å². The van der Waals surface area contributed by atoms with Gasteiger partial charge in [-0.2, -0.15) is 0 Å². The van der Waals surface area contributed by atoms with Gasteiger partial charge in [-0.1, -0.05) is 54.5 Å². The Hall–Kier alpha value is -2.46. The summed E-state index contributed by atoms with van der Waals surface area (Å²) in [6.07, 6.45) is 10.8. The molecule has 1 nitrogen and oxygen atoms in total. The van der Waals surface area contributed by atoms with E-state index >= 15 is 0 Å². The molecule has 0 saturated heterocycles. The summed E-state index contributed by atoms with van der Waals surface area (Å²) in [5.41, 5.74) is 3.47. The van der Waals surface area contributed by atoms with Crippen LogP contribution in [-0.2, 0) is 12.5 Å². The molecule has 0 spiro atoms. The maximum absolute atomic E-state index is 6.15. The summed E-state index contributed by atoms with van der Waals surface area (Å²) in [5, 5.41) is 1.28. The standard InChI is InChI=1S/C21H19N/c1-3-21(17-13-14-17,16-9-5-4-6-10-16)19-15-22(2)20-12-8-7-11-18(19)20/h1,4-12,15,17H,13-14H2,2H3. The van der Waals surface area contributed by atoms with E-state index in [1.165, 1.54) is 34.9 Å². The first-order chi connectivity index (χ1) is 10.8. The Morgan fingerprint density at radius 3 is 2.41 bits per heavy atom. The molecule has 22 heavy (non-hydrogen) atoms. The first-order valence-corrected chi connectivity index (χ1v) is 7.85. The molecule has 1 aliphatic rings. The summed E-state index contributed by atoms with van der Waals surface area (Å²) in [6, 6.07) is 19.2. The van der Waals surface area contributed by atoms with Crippen molar-refractivity contribution in [3.8, 4) is 12.3 Å². The van der Waals surface area contributed by atoms with Crippen molar-refractivity contribution in [2.75, 3.05) is 0 Å². The van der Waals surface area contributed by atoms with Crippen molar-refractivity contribution in [1.29, 1.82) is 0 Å². The molecule has 0 bridgehead atoms. The van der Waals surface area contributed by atoms with Gasteiger partial charge in [-0.15, -0.1) is 6.42 Å². The van der Waals surface area contributed by atoms with E-state index in [0.29, 0.717) is 5.92 Å². The minimum Gasteiger partial charge on any atom is -0.350 e. The lowest BCUT2D eigenvalue weighted by Gasteiger charge is -2.29. The monoisotopic (exact) mass is 285 g/mol. The van der Waals surface area contributed by atoms with Crippen LogP contribution in [0.15, 0.2) is 60.8 Å². The van der Waals surface area contributed by atoms with Gasteiger partial charge in [0.2, 0.25) is 0 Å². The molecule has 2 aromatic carbocycles. The van der Waals surface area contributed by atoms with Crippen molar-refractivity contribution in [3.63, 3.8) is 0 Å². The Morgan fingerprint density at radius 2 is 1.73 bits per heavy atom. The average molecular weight is 285 g/mol. The maximum atomic E-state index is 6.15. The smallest absolute Gasteiger partial charge is 0.0857 e. The molecule has 0 amide bonds. The van der Waals surface area contributed by atoms with Crippen molar-refractivity contribution in [3.05, 3.63) is 71.9 Å². The predicted octanol–water partition coefficient (Wildman–Crippen LogP) is 4.51. The summed E-state index contributed by atoms with van der Waals surface area (Å²) in [5.74, 6) is 3.75. The van der Waals surface area contributed by atoms with Gasteiger partial charge >= 0.3 is 0 Å². The number of rotatable bonds is 3. The highest BCUT2D eigenvalue weighted by atomic mass is 14.9. The lowest BCUT2D eigenvalue weighted by molar-refractivity contribution is 0.581. The highest BCUT2D eigenvalue weighted by Crippen LogP contribution is 2.52. The molecule has 1 atom stereocenters. The van der Waals surface area contributed by atoms with Crippen molar-refractivity contribution in [1.82, 2.24) is 4.57 Å². The second kappa shape index (κ2) is 4.78. The van der Waals surface area contributed by atoms with Gasteiger partial charge in [-0.3, -0.25) is 0 Å². The predicted molar refractivity (Wildman–Crippen MR) is 91.7 cm³/mol. The molecule has 1 saturated carbocycles. The number of para-hydroxylation sites is 1. The summed E-state index contributed by atoms with van der Waals surface area (Å²) in [7, 11) is 2.10. The maximum Gasteiger partial charge on any atom is 0.0857 e. The van der Waals surface area contributed by atoms with Gasteiger partial charge < -0.3 is 4.57 Å². The number of benzene rings is 2. The van der Waals surface area contributed by atoms with Crippen LogP contribution in [0.2, 0.25) is 0 Å². The van der Waals surface area contributed by atoms with Crippen LogP contribution in [0.1, 0.15) is 24.0 Å². The van der Waals surface area contributed by atoms with Crippen molar-refractivity contribution in [2.24, 2.45) is 13.0 Å². The molecule has 1 heteroatoms. The second-order valence-electron chi connectivity index (χ2n) is 6.26. The quantitative estimate of drug-likeness (QED) is 0.624. The summed E-state index contributed by atoms with van der Waals surface area (Å²) in [4.78, 5) is 0. The Morgan fingerprint density at radius 1 is 1.05 bits per heavy atom. The number of nitrogens with zero attached hydrogens (tertiary/aromatic N) is 1. The van der Waals surface area contributed by atoms with Gasteiger partial charge in [0, 0.05) is 29.7 Å². The largest absolute Gasteiger partial charge is 0.350 e. The molecular formula is C21H19N. The number of hydrogen-bond donors (Lipinski definition) is 0. The minimum atomic E-state index is -0.303. The van der Waals surface area contributed by atoms with Crippen LogP contribution < -0.4 is 0 Å². The third-order valence-electron chi connectivity index (χ3n) is 4.97. The SMILES string of the molecule is C#CC(c1ccccc1)(c1cn(C)c2ccccc12)C1CC1. The van der Waals surface area contributed by atoms with Crippen molar-refractivity contribution < 1.29 is 0 Å². The molecule has 4 rings (SSSR count). The molecule has 108 valence electrons. The van der Waals surface area contributed by atoms with Crippen molar-refractivity contribution >= 4 is 10.9 Å². The number of aromatic nitrogens is 1. The lowest BCUT2D eigenvalue weighted by Crippen LogP contribution is -2.28. The normalized spacial score (nSPS) is 17.1. The molecule has 0 radical (unpaired) electrons. The Balaban J connectivity index is 2.05. The van der Waals surface area contributed by atoms with E-state index in [2.05, 4.69) is 78.3 Å². The third-order valence-corrected chi connectivity index (χ3v) is 4.97. The highest BCUT2D eigenvalue weighted by Gasteiger charge is 2.47. The molecule has 3 aromatic rings. The first-order valence-electron chi connectivity index (χ1n) is 7.85. The molecule has 1 fully saturated rings. The van der Waals surface area contributed by atoms with E-state index in [-0.39, 0.29) is 5.41 Å². The fourth-order valence-corrected chi connectivity index (χ4v) is 3.76. The number of terminal acetylenes is 1. The van der Waals surface area contributed by atoms with Gasteiger partial charge in [-0.05, 0) is 30.4 Å². The zero-order valence-electron chi connectivity index (χ0n) is 12.8. The van der Waals surface area contributed by atoms with Crippen LogP contribution in [0, 0.1) is 18.3 Å². The lowest BCUT2D eigenvalue weighted by atomic mass is 9.71. The van der Waals surface area contributed by atoms with Crippen LogP contribution >= 0.6 is 0 Å². The van der Waals surface area contributed by atoms with Gasteiger partial charge in [0.05, 0.1) is 5.41 Å². The van der Waals surface area contributed by atoms with Crippen molar-refractivity contribution in [2.45, 2.75) is 18.3 Å². The summed E-state index contributed by atoms with van der Waals surface area (Å²) >= 11 is 0. The Bertz CT molecular complexity index is 862. The number of fused-ring (bicyclic) bond motifs is 1. The van der Waals surface area contributed by atoms with E-state index in [1.54, 1.807) is 0 Å². The number of hydrogen-bond acceptors (Lipinski definition) is 0. The fraction of sp³-hybridized carbons (Fsp3) is 0.238. The fourth-order valence-electron chi connectivity index (χ4n) is 3.76. The van der Waals surface area contributed by atoms with Crippen LogP contribution in [0.5, 0.6) is 0 Å². The van der Waals surface area contributed by atoms with Crippen LogP contribution in [-0.4, -0.2) is 4.57 Å². The van der Waals surface area contributed by atoms with Crippen LogP contribution in [0.4, 0.5) is 0 Å². The second-order valence-corrected chi connectivity index (χ2v) is 6.26. The number of aryl methyl sites for hydroxylation is 1. The van der Waals surface area contributed by atoms with Crippen LogP contribution in [0.25, 0.3) is 10.9 Å². The Labute approximate surface area is 131 Å². The molecule has 1 aromatic heterocycles. The molecular weight excluding hydrogens is 266 g/mol. The summed E-state index contributed by atoms with van der Waals surface area (Å²) < 4.78 is 2.20. The highest BCUT2D eigenvalue weighted by molar-refractivity contribution is 5.86. The third kappa shape index (κ3) is 1.74. The van der Waals surface area contributed by atoms with Gasteiger partial charge in [0.1, 0.15) is 0 Å². The van der Waals surface area contributed by atoms with Gasteiger partial charge in [0.25, 0.3) is 0 Å². The molecule has 1 heterocycles. The average Bonchev–Trinajstić information content (AvgIpc) is 3.36. The molecule has 0 N–H and O–H groups in total. The van der Waals surface area contributed by atoms with E-state index in [4.69, 9.17) is 6.42 Å². The topological polar surface area (TPSA) is 4.93 Å². The molecule has 1 aliphatic carbocycles. The first kappa shape index (κ1) is 13.2. The van der Waals surface area contributed by atoms with E-state index in [0.717, 1.165) is 0 Å². The van der Waals surface area contributed by atoms with Gasteiger partial charge in [0.15, 0.2) is 0 Å². The molecule has 1 unspecified atom stereocenters. The van der Waals surface area contributed by atoms with E-state index in [9.17, 15) is 0 Å². The Kier molecular flexibility index (Phi) is 2.87. The summed E-state index contributed by atoms with van der Waals surface area (Å²) in [6.45, 7) is 0. The molecule has 0 aliphatic heterocycles. The van der Waals surface area contributed by atoms with Crippen LogP contribution in [0.3, 0.4) is 0 Å². The van der Waals surface area contributed by atoms with E-state index < -0.39 is 0 Å². The van der Waals surface area contributed by atoms with E-state index in [1.807, 2.05) is 0 Å².